The van der Waals surface area contributed by atoms with E-state index in [0.717, 1.165) is 13.0 Å². The molecule has 3 heteroatoms. The minimum Gasteiger partial charge on any atom is -0.235 e. The smallest absolute Gasteiger partial charge is 0.235 e. The number of imidazole rings is 1. The van der Waals surface area contributed by atoms with Gasteiger partial charge in [0.25, 0.3) is 5.82 Å². The molecule has 1 aromatic rings. The van der Waals surface area contributed by atoms with Crippen molar-refractivity contribution < 1.29 is 4.57 Å². The molecule has 0 unspecified atom stereocenters. The fraction of sp³-hybridized carbons (Fsp3) is 0.769. The van der Waals surface area contributed by atoms with E-state index in [0.29, 0.717) is 0 Å². The van der Waals surface area contributed by atoms with E-state index in [-0.39, 0.29) is 0 Å². The van der Waals surface area contributed by atoms with Crippen LogP contribution in [-0.4, -0.2) is 16.1 Å². The van der Waals surface area contributed by atoms with E-state index in [1.165, 1.54) is 36.7 Å². The van der Waals surface area contributed by atoms with Crippen molar-refractivity contribution in [2.24, 2.45) is 0 Å². The maximum absolute atomic E-state index is 2.41. The van der Waals surface area contributed by atoms with Gasteiger partial charge in [-0.1, -0.05) is 13.8 Å². The molecule has 0 radical (unpaired) electrons. The summed E-state index contributed by atoms with van der Waals surface area (Å²) in [6, 6.07) is 0. The van der Waals surface area contributed by atoms with Gasteiger partial charge in [0.05, 0.1) is 13.1 Å². The summed E-state index contributed by atoms with van der Waals surface area (Å²) in [6.45, 7) is 8.95. The molecule has 0 amide bonds. The van der Waals surface area contributed by atoms with Crippen LogP contribution in [0, 0.1) is 0 Å². The van der Waals surface area contributed by atoms with E-state index < -0.39 is 0 Å². The molecule has 0 spiro atoms. The number of hydrogen-bond donors (Lipinski definition) is 0. The van der Waals surface area contributed by atoms with Crippen molar-refractivity contribution in [2.75, 3.05) is 11.5 Å². The molecule has 0 aliphatic heterocycles. The third-order valence-corrected chi connectivity index (χ3v) is 4.06. The monoisotopic (exact) mass is 241 g/mol. The van der Waals surface area contributed by atoms with Crippen LogP contribution in [0.2, 0.25) is 0 Å². The predicted molar refractivity (Wildman–Crippen MR) is 71.9 cm³/mol. The molecule has 0 saturated carbocycles. The lowest BCUT2D eigenvalue weighted by atomic mass is 10.4. The lowest BCUT2D eigenvalue weighted by Gasteiger charge is -2.02. The Labute approximate surface area is 104 Å². The highest BCUT2D eigenvalue weighted by Gasteiger charge is 2.12. The van der Waals surface area contributed by atoms with Gasteiger partial charge in [-0.2, -0.15) is 11.8 Å². The van der Waals surface area contributed by atoms with Crippen LogP contribution in [0.4, 0.5) is 0 Å². The van der Waals surface area contributed by atoms with Crippen molar-refractivity contribution in [3.63, 3.8) is 0 Å². The van der Waals surface area contributed by atoms with Gasteiger partial charge in [0.1, 0.15) is 12.4 Å². The van der Waals surface area contributed by atoms with Crippen LogP contribution in [0.5, 0.6) is 0 Å². The molecular weight excluding hydrogens is 216 g/mol. The summed E-state index contributed by atoms with van der Waals surface area (Å²) in [4.78, 5) is 0. The van der Waals surface area contributed by atoms with Crippen molar-refractivity contribution in [1.29, 1.82) is 0 Å². The van der Waals surface area contributed by atoms with E-state index in [9.17, 15) is 0 Å². The molecule has 92 valence electrons. The van der Waals surface area contributed by atoms with Crippen LogP contribution in [0.3, 0.4) is 0 Å². The van der Waals surface area contributed by atoms with Crippen molar-refractivity contribution in [3.05, 3.63) is 18.2 Å². The highest BCUT2D eigenvalue weighted by Crippen LogP contribution is 2.04. The van der Waals surface area contributed by atoms with E-state index in [1.807, 2.05) is 0 Å². The number of thioether (sulfide) groups is 1. The van der Waals surface area contributed by atoms with Gasteiger partial charge in [0.15, 0.2) is 0 Å². The first kappa shape index (κ1) is 13.6. The summed E-state index contributed by atoms with van der Waals surface area (Å²) in [7, 11) is 0. The van der Waals surface area contributed by atoms with Crippen LogP contribution in [0.15, 0.2) is 12.4 Å². The summed E-state index contributed by atoms with van der Waals surface area (Å²) in [5.74, 6) is 4.06. The number of aromatic nitrogens is 2. The highest BCUT2D eigenvalue weighted by molar-refractivity contribution is 7.99. The molecular formula is C13H25N2S+. The van der Waals surface area contributed by atoms with Crippen molar-refractivity contribution in [3.8, 4) is 0 Å². The van der Waals surface area contributed by atoms with Crippen molar-refractivity contribution in [2.45, 2.75) is 53.1 Å². The predicted octanol–water partition coefficient (Wildman–Crippen LogP) is 2.89. The molecule has 1 aromatic heterocycles. The third-order valence-electron chi connectivity index (χ3n) is 2.78. The van der Waals surface area contributed by atoms with Crippen LogP contribution in [0.25, 0.3) is 0 Å². The summed E-state index contributed by atoms with van der Waals surface area (Å²) in [5, 5.41) is 0. The van der Waals surface area contributed by atoms with Gasteiger partial charge in [-0.3, -0.25) is 0 Å². The largest absolute Gasteiger partial charge is 0.256 e. The van der Waals surface area contributed by atoms with Crippen LogP contribution in [0.1, 0.15) is 39.4 Å². The maximum Gasteiger partial charge on any atom is 0.256 e. The Balaban J connectivity index is 2.38. The second-order valence-electron chi connectivity index (χ2n) is 4.01. The summed E-state index contributed by atoms with van der Waals surface area (Å²) >= 11 is 2.08. The standard InChI is InChI=1S/C13H25N2S/c1-4-11-16-12-7-8-15-10-9-14(6-3)13(15)5-2/h9-10H,4-8,11-12H2,1-3H3/q+1. The number of hydrogen-bond acceptors (Lipinski definition) is 1. The second kappa shape index (κ2) is 7.77. The topological polar surface area (TPSA) is 8.81 Å². The molecule has 16 heavy (non-hydrogen) atoms. The normalized spacial score (nSPS) is 10.9. The number of rotatable bonds is 8. The Kier molecular flexibility index (Phi) is 6.62. The fourth-order valence-corrected chi connectivity index (χ4v) is 2.81. The molecule has 0 aromatic carbocycles. The van der Waals surface area contributed by atoms with Crippen LogP contribution < -0.4 is 4.57 Å². The van der Waals surface area contributed by atoms with Gasteiger partial charge in [-0.25, -0.2) is 9.13 Å². The van der Waals surface area contributed by atoms with Gasteiger partial charge in [0, 0.05) is 6.42 Å². The molecule has 1 rings (SSSR count). The zero-order valence-electron chi connectivity index (χ0n) is 10.9. The summed E-state index contributed by atoms with van der Waals surface area (Å²) < 4.78 is 4.76. The average Bonchev–Trinajstić information content (AvgIpc) is 2.71. The lowest BCUT2D eigenvalue weighted by Crippen LogP contribution is -2.37. The zero-order chi connectivity index (χ0) is 11.8. The first-order chi connectivity index (χ1) is 7.83. The third kappa shape index (κ3) is 3.85. The number of aryl methyl sites for hydroxylation is 2. The van der Waals surface area contributed by atoms with Gasteiger partial charge in [0.2, 0.25) is 0 Å². The minimum absolute atomic E-state index is 1.08. The summed E-state index contributed by atoms with van der Waals surface area (Å²) in [5.41, 5.74) is 0. The molecule has 0 fully saturated rings. The van der Waals surface area contributed by atoms with Crippen molar-refractivity contribution >= 4 is 11.8 Å². The zero-order valence-corrected chi connectivity index (χ0v) is 11.7. The molecule has 0 N–H and O–H groups in total. The molecule has 0 bridgehead atoms. The Morgan fingerprint density at radius 2 is 2.06 bits per heavy atom. The maximum atomic E-state index is 2.41. The molecule has 0 aliphatic rings. The van der Waals surface area contributed by atoms with E-state index in [2.05, 4.69) is 54.1 Å². The Morgan fingerprint density at radius 3 is 2.69 bits per heavy atom. The van der Waals surface area contributed by atoms with Crippen molar-refractivity contribution in [1.82, 2.24) is 4.57 Å². The molecule has 1 heterocycles. The summed E-state index contributed by atoms with van der Waals surface area (Å²) in [6.07, 6.45) is 8.15. The molecule has 0 aliphatic carbocycles. The molecule has 2 nitrogen and oxygen atoms in total. The van der Waals surface area contributed by atoms with E-state index in [1.54, 1.807) is 0 Å². The fourth-order valence-electron chi connectivity index (χ4n) is 1.98. The first-order valence-electron chi connectivity index (χ1n) is 6.48. The van der Waals surface area contributed by atoms with E-state index >= 15 is 0 Å². The van der Waals surface area contributed by atoms with Gasteiger partial charge >= 0.3 is 0 Å². The lowest BCUT2D eigenvalue weighted by molar-refractivity contribution is -0.703. The first-order valence-corrected chi connectivity index (χ1v) is 7.64. The Bertz CT molecular complexity index is 294. The van der Waals surface area contributed by atoms with Crippen LogP contribution >= 0.6 is 11.8 Å². The number of nitrogens with zero attached hydrogens (tertiary/aromatic N) is 2. The van der Waals surface area contributed by atoms with Gasteiger partial charge in [-0.05, 0) is 31.3 Å². The van der Waals surface area contributed by atoms with Gasteiger partial charge < -0.3 is 0 Å². The average molecular weight is 241 g/mol. The SMILES string of the molecule is CCCSCCC[n+]1ccn(CC)c1CC. The minimum atomic E-state index is 1.08. The quantitative estimate of drug-likeness (QED) is 0.502. The van der Waals surface area contributed by atoms with E-state index in [4.69, 9.17) is 0 Å². The highest BCUT2D eigenvalue weighted by atomic mass is 32.2. The molecule has 0 saturated heterocycles. The Morgan fingerprint density at radius 1 is 1.25 bits per heavy atom. The second-order valence-corrected chi connectivity index (χ2v) is 5.24. The van der Waals surface area contributed by atoms with Gasteiger partial charge in [-0.15, -0.1) is 0 Å². The van der Waals surface area contributed by atoms with Crippen LogP contribution in [-0.2, 0) is 19.5 Å². The Hall–Kier alpha value is -0.440. The molecule has 0 atom stereocenters.